The van der Waals surface area contributed by atoms with Gasteiger partial charge in [-0.3, -0.25) is 4.79 Å². The number of benzene rings is 2. The predicted octanol–water partition coefficient (Wildman–Crippen LogP) is 4.62. The van der Waals surface area contributed by atoms with Crippen molar-refractivity contribution in [2.45, 2.75) is 51.0 Å². The lowest BCUT2D eigenvalue weighted by atomic mass is 9.64. The number of hydrogen-bond acceptors (Lipinski definition) is 2. The first-order chi connectivity index (χ1) is 14.8. The molecule has 2 N–H and O–H groups in total. The fourth-order valence-electron chi connectivity index (χ4n) is 4.42. The van der Waals surface area contributed by atoms with Gasteiger partial charge in [0.25, 0.3) is 0 Å². The number of hydrogen-bond donors (Lipinski definition) is 2. The Morgan fingerprint density at radius 3 is 2.61 bits per heavy atom. The van der Waals surface area contributed by atoms with Gasteiger partial charge in [0.1, 0.15) is 11.9 Å². The number of nitrogens with one attached hydrogen (secondary N) is 2. The molecule has 2 aromatic carbocycles. The molecule has 3 amide bonds. The summed E-state index contributed by atoms with van der Waals surface area (Å²) in [6.45, 7) is 5.19. The Bertz CT molecular complexity index is 1020. The summed E-state index contributed by atoms with van der Waals surface area (Å²) in [6.07, 6.45) is 3.71. The molecule has 1 aliphatic carbocycles. The smallest absolute Gasteiger partial charge is 0.315 e. The van der Waals surface area contributed by atoms with Gasteiger partial charge in [-0.25, -0.2) is 9.18 Å². The van der Waals surface area contributed by atoms with Crippen molar-refractivity contribution in [1.82, 2.24) is 10.6 Å². The monoisotopic (exact) mass is 443 g/mol. The zero-order chi connectivity index (χ0) is 22.2. The number of carbonyl (C=O) groups excluding carboxylic acids is 2. The quantitative estimate of drug-likeness (QED) is 0.708. The molecular weight excluding hydrogens is 417 g/mol. The fraction of sp³-hybridized carbons (Fsp3) is 0.417. The summed E-state index contributed by atoms with van der Waals surface area (Å²) in [6, 6.07) is 9.76. The average Bonchev–Trinajstić information content (AvgIpc) is 3.06. The molecular formula is C24H27ClFN3O2. The van der Waals surface area contributed by atoms with E-state index in [1.165, 1.54) is 39.8 Å². The zero-order valence-corrected chi connectivity index (χ0v) is 18.6. The minimum atomic E-state index is -0.609. The van der Waals surface area contributed by atoms with Crippen LogP contribution < -0.4 is 15.5 Å². The molecule has 5 nitrogen and oxygen atoms in total. The minimum absolute atomic E-state index is 0.0309. The van der Waals surface area contributed by atoms with Crippen molar-refractivity contribution in [3.63, 3.8) is 0 Å². The van der Waals surface area contributed by atoms with E-state index in [-0.39, 0.29) is 22.4 Å². The molecule has 31 heavy (non-hydrogen) atoms. The van der Waals surface area contributed by atoms with Gasteiger partial charge in [-0.1, -0.05) is 36.2 Å². The maximum absolute atomic E-state index is 13.4. The highest BCUT2D eigenvalue weighted by Gasteiger charge is 2.39. The van der Waals surface area contributed by atoms with Crippen molar-refractivity contribution in [2.75, 3.05) is 18.0 Å². The number of rotatable bonds is 5. The summed E-state index contributed by atoms with van der Waals surface area (Å²) < 4.78 is 13.4. The van der Waals surface area contributed by atoms with E-state index in [2.05, 4.69) is 42.7 Å². The maximum Gasteiger partial charge on any atom is 0.315 e. The van der Waals surface area contributed by atoms with E-state index in [0.717, 1.165) is 19.3 Å². The molecule has 1 saturated heterocycles. The van der Waals surface area contributed by atoms with Crippen LogP contribution in [0.2, 0.25) is 5.02 Å². The highest BCUT2D eigenvalue weighted by molar-refractivity contribution is 6.31. The molecule has 164 valence electrons. The van der Waals surface area contributed by atoms with Crippen LogP contribution in [0.1, 0.15) is 42.4 Å². The minimum Gasteiger partial charge on any atom is -0.337 e. The van der Waals surface area contributed by atoms with E-state index in [4.69, 9.17) is 11.6 Å². The third kappa shape index (κ3) is 4.26. The standard InChI is InChI=1S/C24H27ClFN3O2/c1-15-4-5-17(12-16(15)2)24(9-3-10-24)14-27-23(31)28-21-8-11-29(22(21)30)18-6-7-20(26)19(25)13-18/h4-7,12-13,21H,3,8-11,14H2,1-2H3,(H2,27,28,31). The Labute approximate surface area is 187 Å². The lowest BCUT2D eigenvalue weighted by molar-refractivity contribution is -0.118. The molecule has 4 rings (SSSR count). The molecule has 0 bridgehead atoms. The Morgan fingerprint density at radius 2 is 1.97 bits per heavy atom. The Balaban J connectivity index is 1.36. The molecule has 0 spiro atoms. The van der Waals surface area contributed by atoms with E-state index in [1.807, 2.05) is 0 Å². The van der Waals surface area contributed by atoms with Crippen LogP contribution in [0.15, 0.2) is 36.4 Å². The van der Waals surface area contributed by atoms with Crippen LogP contribution in [0, 0.1) is 19.7 Å². The summed E-state index contributed by atoms with van der Waals surface area (Å²) in [5.74, 6) is -0.745. The second-order valence-corrected chi connectivity index (χ2v) is 9.10. The van der Waals surface area contributed by atoms with Crippen LogP contribution in [0.25, 0.3) is 0 Å². The van der Waals surface area contributed by atoms with Gasteiger partial charge in [0.15, 0.2) is 0 Å². The molecule has 0 radical (unpaired) electrons. The number of halogens is 2. The predicted molar refractivity (Wildman–Crippen MR) is 120 cm³/mol. The van der Waals surface area contributed by atoms with Crippen LogP contribution in [0.5, 0.6) is 0 Å². The van der Waals surface area contributed by atoms with Gasteiger partial charge < -0.3 is 15.5 Å². The number of carbonyl (C=O) groups is 2. The van der Waals surface area contributed by atoms with Gasteiger partial charge in [0.05, 0.1) is 5.02 Å². The van der Waals surface area contributed by atoms with Gasteiger partial charge in [0, 0.05) is 24.2 Å². The second-order valence-electron chi connectivity index (χ2n) is 8.69. The van der Waals surface area contributed by atoms with E-state index >= 15 is 0 Å². The summed E-state index contributed by atoms with van der Waals surface area (Å²) in [4.78, 5) is 26.8. The number of anilines is 1. The lowest BCUT2D eigenvalue weighted by Gasteiger charge is -2.43. The van der Waals surface area contributed by atoms with E-state index in [9.17, 15) is 14.0 Å². The highest BCUT2D eigenvalue weighted by Crippen LogP contribution is 2.43. The Kier molecular flexibility index (Phi) is 5.93. The van der Waals surface area contributed by atoms with Crippen LogP contribution in [-0.4, -0.2) is 31.1 Å². The maximum atomic E-state index is 13.4. The van der Waals surface area contributed by atoms with Crippen molar-refractivity contribution >= 4 is 29.2 Å². The first-order valence-electron chi connectivity index (χ1n) is 10.7. The van der Waals surface area contributed by atoms with Crippen molar-refractivity contribution < 1.29 is 14.0 Å². The third-order valence-electron chi connectivity index (χ3n) is 6.74. The second kappa shape index (κ2) is 8.50. The van der Waals surface area contributed by atoms with Gasteiger partial charge in [0.2, 0.25) is 5.91 Å². The van der Waals surface area contributed by atoms with Crippen molar-refractivity contribution in [3.05, 3.63) is 63.9 Å². The summed E-state index contributed by atoms with van der Waals surface area (Å²) in [5, 5.41) is 5.75. The molecule has 1 aliphatic heterocycles. The molecule has 2 fully saturated rings. The summed E-state index contributed by atoms with van der Waals surface area (Å²) in [5.41, 5.74) is 4.27. The Hall–Kier alpha value is -2.60. The van der Waals surface area contributed by atoms with Crippen molar-refractivity contribution in [2.24, 2.45) is 0 Å². The number of aryl methyl sites for hydroxylation is 2. The zero-order valence-electron chi connectivity index (χ0n) is 17.8. The van der Waals surface area contributed by atoms with Gasteiger partial charge in [-0.05, 0) is 68.0 Å². The molecule has 1 unspecified atom stereocenters. The number of amides is 3. The van der Waals surface area contributed by atoms with Crippen LogP contribution in [-0.2, 0) is 10.2 Å². The van der Waals surface area contributed by atoms with E-state index in [1.54, 1.807) is 0 Å². The molecule has 1 saturated carbocycles. The van der Waals surface area contributed by atoms with Gasteiger partial charge in [-0.2, -0.15) is 0 Å². The highest BCUT2D eigenvalue weighted by atomic mass is 35.5. The third-order valence-corrected chi connectivity index (χ3v) is 7.03. The molecule has 1 heterocycles. The lowest BCUT2D eigenvalue weighted by Crippen LogP contribution is -2.51. The fourth-order valence-corrected chi connectivity index (χ4v) is 4.60. The average molecular weight is 444 g/mol. The largest absolute Gasteiger partial charge is 0.337 e. The van der Waals surface area contributed by atoms with Crippen molar-refractivity contribution in [1.29, 1.82) is 0 Å². The molecule has 2 aliphatic rings. The van der Waals surface area contributed by atoms with Crippen LogP contribution in [0.4, 0.5) is 14.9 Å². The normalized spacial score (nSPS) is 19.8. The molecule has 2 aromatic rings. The molecule has 7 heteroatoms. The first kappa shape index (κ1) is 21.6. The van der Waals surface area contributed by atoms with Crippen LogP contribution >= 0.6 is 11.6 Å². The Morgan fingerprint density at radius 1 is 1.19 bits per heavy atom. The summed E-state index contributed by atoms with van der Waals surface area (Å²) >= 11 is 5.84. The van der Waals surface area contributed by atoms with Gasteiger partial charge >= 0.3 is 6.03 Å². The van der Waals surface area contributed by atoms with Gasteiger partial charge in [-0.15, -0.1) is 0 Å². The summed E-state index contributed by atoms with van der Waals surface area (Å²) in [7, 11) is 0. The molecule has 1 atom stereocenters. The molecule has 0 aromatic heterocycles. The first-order valence-corrected chi connectivity index (χ1v) is 11.1. The number of nitrogens with zero attached hydrogens (tertiary/aromatic N) is 1. The van der Waals surface area contributed by atoms with E-state index in [0.29, 0.717) is 25.2 Å². The number of urea groups is 1. The van der Waals surface area contributed by atoms with Crippen LogP contribution in [0.3, 0.4) is 0 Å². The topological polar surface area (TPSA) is 61.4 Å². The van der Waals surface area contributed by atoms with Crippen molar-refractivity contribution in [3.8, 4) is 0 Å². The van der Waals surface area contributed by atoms with E-state index < -0.39 is 11.9 Å². The SMILES string of the molecule is Cc1ccc(C2(CNC(=O)NC3CCN(c4ccc(F)c(Cl)c4)C3=O)CCC2)cc1C.